The van der Waals surface area contributed by atoms with Gasteiger partial charge in [-0.1, -0.05) is 26.8 Å². The van der Waals surface area contributed by atoms with Crippen LogP contribution in [0.3, 0.4) is 0 Å². The van der Waals surface area contributed by atoms with E-state index in [1.54, 1.807) is 6.07 Å². The second-order valence-corrected chi connectivity index (χ2v) is 9.87. The average molecular weight is 368 g/mol. The zero-order valence-electron chi connectivity index (χ0n) is 16.6. The van der Waals surface area contributed by atoms with Crippen LogP contribution in [0.25, 0.3) is 10.9 Å². The van der Waals surface area contributed by atoms with Gasteiger partial charge in [0, 0.05) is 34.9 Å². The number of fused-ring (bicyclic) bond motifs is 3. The fourth-order valence-electron chi connectivity index (χ4n) is 5.97. The summed E-state index contributed by atoms with van der Waals surface area (Å²) in [6.45, 7) is 10.8. The molecule has 5 heteroatoms. The molecular weight excluding hydrogens is 340 g/mol. The van der Waals surface area contributed by atoms with E-state index in [4.69, 9.17) is 0 Å². The second kappa shape index (κ2) is 5.93. The zero-order valence-corrected chi connectivity index (χ0v) is 16.6. The van der Waals surface area contributed by atoms with Crippen molar-refractivity contribution in [2.75, 3.05) is 6.54 Å². The van der Waals surface area contributed by atoms with Gasteiger partial charge in [0.25, 0.3) is 0 Å². The maximum atomic E-state index is 13.2. The van der Waals surface area contributed by atoms with Crippen molar-refractivity contribution in [3.8, 4) is 0 Å². The number of H-pyrrole nitrogens is 1. The minimum Gasteiger partial charge on any atom is -0.545 e. The molecule has 0 spiro atoms. The first-order chi connectivity index (χ1) is 12.6. The third kappa shape index (κ3) is 3.18. The molecule has 1 aromatic heterocycles. The molecule has 1 saturated heterocycles. The van der Waals surface area contributed by atoms with Crippen LogP contribution >= 0.6 is 0 Å². The Balaban J connectivity index is 1.72. The number of aryl methyl sites for hydroxylation is 1. The monoisotopic (exact) mass is 368 g/mol. The number of aromatic carboxylic acids is 1. The molecule has 2 heterocycles. The maximum Gasteiger partial charge on any atom is 0.198 e. The number of carbonyl (C=O) groups excluding carboxylic acids is 1. The van der Waals surface area contributed by atoms with Crippen molar-refractivity contribution in [3.05, 3.63) is 45.2 Å². The fourth-order valence-corrected chi connectivity index (χ4v) is 5.97. The van der Waals surface area contributed by atoms with Crippen LogP contribution in [0.5, 0.6) is 0 Å². The molecule has 1 aliphatic heterocycles. The zero-order chi connectivity index (χ0) is 19.6. The molecule has 1 unspecified atom stereocenters. The maximum absolute atomic E-state index is 13.2. The first kappa shape index (κ1) is 18.2. The van der Waals surface area contributed by atoms with E-state index in [-0.39, 0.29) is 11.0 Å². The highest BCUT2D eigenvalue weighted by molar-refractivity contribution is 5.92. The number of hydrogen-bond donors (Lipinski definition) is 2. The molecule has 144 valence electrons. The Labute approximate surface area is 159 Å². The molecule has 2 fully saturated rings. The van der Waals surface area contributed by atoms with E-state index < -0.39 is 5.97 Å². The Kier molecular flexibility index (Phi) is 4.00. The Morgan fingerprint density at radius 3 is 2.74 bits per heavy atom. The van der Waals surface area contributed by atoms with E-state index in [9.17, 15) is 14.7 Å². The lowest BCUT2D eigenvalue weighted by molar-refractivity contribution is -0.928. The fraction of sp³-hybridized carbons (Fsp3) is 0.545. The lowest BCUT2D eigenvalue weighted by Gasteiger charge is -2.37. The van der Waals surface area contributed by atoms with Gasteiger partial charge in [-0.25, -0.2) is 0 Å². The third-order valence-corrected chi connectivity index (χ3v) is 6.63. The molecule has 4 rings (SSSR count). The number of nitrogens with one attached hydrogen (secondary N) is 2. The third-order valence-electron chi connectivity index (χ3n) is 6.63. The summed E-state index contributed by atoms with van der Waals surface area (Å²) < 4.78 is 0. The van der Waals surface area contributed by atoms with Gasteiger partial charge in [-0.3, -0.25) is 4.79 Å². The van der Waals surface area contributed by atoms with Gasteiger partial charge >= 0.3 is 0 Å². The number of carbonyl (C=O) groups is 1. The molecule has 2 aromatic rings. The Morgan fingerprint density at radius 1 is 1.30 bits per heavy atom. The van der Waals surface area contributed by atoms with Crippen molar-refractivity contribution in [2.45, 2.75) is 59.5 Å². The molecule has 0 amide bonds. The van der Waals surface area contributed by atoms with E-state index >= 15 is 0 Å². The van der Waals surface area contributed by atoms with Gasteiger partial charge in [0.05, 0.1) is 24.1 Å². The van der Waals surface area contributed by atoms with Crippen molar-refractivity contribution in [2.24, 2.45) is 10.8 Å². The van der Waals surface area contributed by atoms with Crippen LogP contribution in [0, 0.1) is 17.8 Å². The average Bonchev–Trinajstić information content (AvgIpc) is 2.79. The van der Waals surface area contributed by atoms with Crippen LogP contribution in [-0.2, 0) is 6.54 Å². The SMILES string of the molecule is Cc1[nH]c2ccc(C(=O)[O-])cc2c(=O)c1C[NH+]1C[C@@]2(C)C[C@@H]1CC(C)(C)C2. The number of carboxylic acid groups (broad SMARTS) is 1. The van der Waals surface area contributed by atoms with Crippen LogP contribution in [0.4, 0.5) is 0 Å². The summed E-state index contributed by atoms with van der Waals surface area (Å²) in [6.07, 6.45) is 3.66. The van der Waals surface area contributed by atoms with Crippen molar-refractivity contribution < 1.29 is 14.8 Å². The summed E-state index contributed by atoms with van der Waals surface area (Å²) in [5.41, 5.74) is 3.03. The quantitative estimate of drug-likeness (QED) is 0.854. The molecular formula is C22H28N2O3. The standard InChI is InChI=1S/C22H28N2O3/c1-13-17(10-24-12-22(4)9-15(24)8-21(2,3)11-22)19(25)16-7-14(20(26)27)5-6-18(16)23-13/h5-7,15H,8-12H2,1-4H3,(H,23,25)(H,26,27)/t15-,22-/m0/s1. The Hall–Kier alpha value is -2.14. The summed E-state index contributed by atoms with van der Waals surface area (Å²) in [6, 6.07) is 5.15. The van der Waals surface area contributed by atoms with Gasteiger partial charge in [-0.2, -0.15) is 0 Å². The van der Waals surface area contributed by atoms with Gasteiger partial charge in [0.2, 0.25) is 0 Å². The number of hydrogen-bond acceptors (Lipinski definition) is 3. The van der Waals surface area contributed by atoms with Crippen molar-refractivity contribution in [1.82, 2.24) is 4.98 Å². The highest BCUT2D eigenvalue weighted by atomic mass is 16.4. The Bertz CT molecular complexity index is 991. The molecule has 2 N–H and O–H groups in total. The second-order valence-electron chi connectivity index (χ2n) is 9.87. The molecule has 1 saturated carbocycles. The van der Waals surface area contributed by atoms with Crippen LogP contribution in [0.2, 0.25) is 0 Å². The predicted molar refractivity (Wildman–Crippen MR) is 103 cm³/mol. The van der Waals surface area contributed by atoms with Gasteiger partial charge in [-0.05, 0) is 36.5 Å². The predicted octanol–water partition coefficient (Wildman–Crippen LogP) is 1.18. The number of rotatable bonds is 3. The van der Waals surface area contributed by atoms with Crippen LogP contribution in [0.15, 0.2) is 23.0 Å². The van der Waals surface area contributed by atoms with E-state index in [0.717, 1.165) is 17.8 Å². The van der Waals surface area contributed by atoms with Crippen molar-refractivity contribution >= 4 is 16.9 Å². The summed E-state index contributed by atoms with van der Waals surface area (Å²) in [5.74, 6) is -1.26. The topological polar surface area (TPSA) is 77.4 Å². The lowest BCUT2D eigenvalue weighted by Crippen LogP contribution is -3.12. The van der Waals surface area contributed by atoms with Gasteiger partial charge in [0.1, 0.15) is 6.54 Å². The van der Waals surface area contributed by atoms with Gasteiger partial charge in [0.15, 0.2) is 5.43 Å². The minimum absolute atomic E-state index is 0.0430. The minimum atomic E-state index is -1.26. The molecule has 2 aliphatic rings. The number of carboxylic acids is 1. The summed E-state index contributed by atoms with van der Waals surface area (Å²) in [5, 5.41) is 11.6. The molecule has 27 heavy (non-hydrogen) atoms. The highest BCUT2D eigenvalue weighted by Crippen LogP contribution is 2.47. The first-order valence-electron chi connectivity index (χ1n) is 9.78. The van der Waals surface area contributed by atoms with E-state index in [0.29, 0.717) is 34.3 Å². The largest absolute Gasteiger partial charge is 0.545 e. The molecule has 2 bridgehead atoms. The number of aromatic nitrogens is 1. The molecule has 1 aromatic carbocycles. The molecule has 0 radical (unpaired) electrons. The smallest absolute Gasteiger partial charge is 0.198 e. The lowest BCUT2D eigenvalue weighted by atomic mass is 9.65. The number of aromatic amines is 1. The number of likely N-dealkylation sites (tertiary alicyclic amines) is 1. The van der Waals surface area contributed by atoms with E-state index in [2.05, 4.69) is 25.8 Å². The molecule has 1 aliphatic carbocycles. The molecule has 5 nitrogen and oxygen atoms in total. The summed E-state index contributed by atoms with van der Waals surface area (Å²) in [7, 11) is 0. The summed E-state index contributed by atoms with van der Waals surface area (Å²) in [4.78, 5) is 29.1. The number of benzene rings is 1. The summed E-state index contributed by atoms with van der Waals surface area (Å²) >= 11 is 0. The first-order valence-corrected chi connectivity index (χ1v) is 9.78. The van der Waals surface area contributed by atoms with E-state index in [1.165, 1.54) is 36.3 Å². The van der Waals surface area contributed by atoms with Gasteiger partial charge in [-0.15, -0.1) is 0 Å². The Morgan fingerprint density at radius 2 is 2.04 bits per heavy atom. The normalized spacial score (nSPS) is 29.2. The molecule has 3 atom stereocenters. The highest BCUT2D eigenvalue weighted by Gasteiger charge is 2.52. The van der Waals surface area contributed by atoms with Gasteiger partial charge < -0.3 is 19.8 Å². The van der Waals surface area contributed by atoms with E-state index in [1.807, 2.05) is 6.92 Å². The van der Waals surface area contributed by atoms with Crippen LogP contribution < -0.4 is 15.4 Å². The van der Waals surface area contributed by atoms with Crippen LogP contribution in [0.1, 0.15) is 61.6 Å². The number of pyridine rings is 1. The van der Waals surface area contributed by atoms with Crippen molar-refractivity contribution in [3.63, 3.8) is 0 Å². The van der Waals surface area contributed by atoms with Crippen molar-refractivity contribution in [1.29, 1.82) is 0 Å². The number of quaternary nitrogens is 1. The van der Waals surface area contributed by atoms with Crippen LogP contribution in [-0.4, -0.2) is 23.5 Å².